The molecule has 0 radical (unpaired) electrons. The molecule has 80 valence electrons. The van der Waals surface area contributed by atoms with Gasteiger partial charge in [0, 0.05) is 19.7 Å². The van der Waals surface area contributed by atoms with E-state index < -0.39 is 0 Å². The number of thiol groups is 1. The van der Waals surface area contributed by atoms with Crippen LogP contribution < -0.4 is 0 Å². The lowest BCUT2D eigenvalue weighted by Gasteiger charge is -2.29. The molecule has 0 spiro atoms. The maximum atomic E-state index is 5.14. The molecule has 2 atom stereocenters. The Bertz CT molecular complexity index is 121. The van der Waals surface area contributed by atoms with Crippen LogP contribution in [0.2, 0.25) is 0 Å². The number of likely N-dealkylation sites (N-methyl/N-ethyl adjacent to an activating group) is 1. The second-order valence-corrected chi connectivity index (χ2v) is 4.04. The van der Waals surface area contributed by atoms with E-state index in [4.69, 9.17) is 4.74 Å². The van der Waals surface area contributed by atoms with E-state index in [1.807, 2.05) is 0 Å². The molecule has 2 nitrogen and oxygen atoms in total. The third kappa shape index (κ3) is 5.55. The first-order valence-corrected chi connectivity index (χ1v) is 5.62. The summed E-state index contributed by atoms with van der Waals surface area (Å²) in [6.45, 7) is 9.64. The molecule has 0 fully saturated rings. The van der Waals surface area contributed by atoms with Crippen LogP contribution in [0.5, 0.6) is 0 Å². The summed E-state index contributed by atoms with van der Waals surface area (Å²) in [4.78, 5) is 2.43. The lowest BCUT2D eigenvalue weighted by Crippen LogP contribution is -2.39. The fourth-order valence-electron chi connectivity index (χ4n) is 1.43. The molecule has 0 bridgehead atoms. The largest absolute Gasteiger partial charge is 0.383 e. The zero-order valence-electron chi connectivity index (χ0n) is 9.29. The maximum absolute atomic E-state index is 5.14. The summed E-state index contributed by atoms with van der Waals surface area (Å²) in [5.41, 5.74) is 0. The van der Waals surface area contributed by atoms with Gasteiger partial charge in [-0.15, -0.1) is 0 Å². The zero-order chi connectivity index (χ0) is 10.3. The van der Waals surface area contributed by atoms with Crippen molar-refractivity contribution in [2.75, 3.05) is 32.6 Å². The van der Waals surface area contributed by atoms with E-state index in [0.717, 1.165) is 25.4 Å². The summed E-state index contributed by atoms with van der Waals surface area (Å²) in [6, 6.07) is 0.511. The van der Waals surface area contributed by atoms with Gasteiger partial charge in [0.05, 0.1) is 6.61 Å². The highest BCUT2D eigenvalue weighted by Crippen LogP contribution is 2.06. The Morgan fingerprint density at radius 1 is 1.38 bits per heavy atom. The third-order valence-corrected chi connectivity index (χ3v) is 2.92. The van der Waals surface area contributed by atoms with Crippen molar-refractivity contribution in [1.29, 1.82) is 0 Å². The van der Waals surface area contributed by atoms with Gasteiger partial charge in [-0.3, -0.25) is 4.90 Å². The van der Waals surface area contributed by atoms with Crippen LogP contribution in [0, 0.1) is 5.92 Å². The van der Waals surface area contributed by atoms with Crippen LogP contribution in [-0.4, -0.2) is 43.5 Å². The van der Waals surface area contributed by atoms with Crippen molar-refractivity contribution >= 4 is 12.6 Å². The first kappa shape index (κ1) is 13.3. The highest BCUT2D eigenvalue weighted by molar-refractivity contribution is 7.80. The van der Waals surface area contributed by atoms with Crippen LogP contribution in [0.1, 0.15) is 20.8 Å². The van der Waals surface area contributed by atoms with Gasteiger partial charge in [0.15, 0.2) is 0 Å². The van der Waals surface area contributed by atoms with Gasteiger partial charge < -0.3 is 4.74 Å². The van der Waals surface area contributed by atoms with Crippen molar-refractivity contribution in [1.82, 2.24) is 4.90 Å². The van der Waals surface area contributed by atoms with Gasteiger partial charge in [-0.2, -0.15) is 12.6 Å². The molecule has 0 aliphatic rings. The van der Waals surface area contributed by atoms with Gasteiger partial charge in [0.2, 0.25) is 0 Å². The molecule has 0 aromatic carbocycles. The molecule has 0 aliphatic carbocycles. The van der Waals surface area contributed by atoms with Crippen LogP contribution >= 0.6 is 12.6 Å². The first-order chi connectivity index (χ1) is 6.15. The zero-order valence-corrected chi connectivity index (χ0v) is 10.2. The predicted molar refractivity (Wildman–Crippen MR) is 61.6 cm³/mol. The molecule has 0 heterocycles. The quantitative estimate of drug-likeness (QED) is 0.637. The molecule has 0 amide bonds. The number of rotatable bonds is 7. The molecular weight excluding hydrogens is 182 g/mol. The Labute approximate surface area is 88.1 Å². The molecule has 0 saturated carbocycles. The average Bonchev–Trinajstić information content (AvgIpc) is 2.14. The number of nitrogens with zero attached hydrogens (tertiary/aromatic N) is 1. The summed E-state index contributed by atoms with van der Waals surface area (Å²) in [5.74, 6) is 1.61. The molecule has 13 heavy (non-hydrogen) atoms. The highest BCUT2D eigenvalue weighted by atomic mass is 32.1. The number of hydrogen-bond donors (Lipinski definition) is 1. The number of hydrogen-bond acceptors (Lipinski definition) is 3. The van der Waals surface area contributed by atoms with E-state index in [1.54, 1.807) is 7.11 Å². The van der Waals surface area contributed by atoms with E-state index in [1.165, 1.54) is 0 Å². The van der Waals surface area contributed by atoms with Gasteiger partial charge in [0.25, 0.3) is 0 Å². The Morgan fingerprint density at radius 2 is 2.00 bits per heavy atom. The molecule has 0 aromatic heterocycles. The summed E-state index contributed by atoms with van der Waals surface area (Å²) >= 11 is 4.29. The Morgan fingerprint density at radius 3 is 2.38 bits per heavy atom. The van der Waals surface area contributed by atoms with Crippen molar-refractivity contribution in [3.05, 3.63) is 0 Å². The molecule has 0 N–H and O–H groups in total. The van der Waals surface area contributed by atoms with E-state index in [2.05, 4.69) is 38.3 Å². The SMILES string of the molecule is CCN(CC(C)CS)C(C)COC. The van der Waals surface area contributed by atoms with Crippen LogP contribution in [0.4, 0.5) is 0 Å². The monoisotopic (exact) mass is 205 g/mol. The third-order valence-electron chi connectivity index (χ3n) is 2.30. The number of ether oxygens (including phenoxy) is 1. The van der Waals surface area contributed by atoms with Gasteiger partial charge in [-0.1, -0.05) is 13.8 Å². The molecule has 0 rings (SSSR count). The van der Waals surface area contributed by atoms with Crippen LogP contribution in [-0.2, 0) is 4.74 Å². The fraction of sp³-hybridized carbons (Fsp3) is 1.00. The highest BCUT2D eigenvalue weighted by Gasteiger charge is 2.13. The lowest BCUT2D eigenvalue weighted by atomic mass is 10.1. The minimum atomic E-state index is 0.511. The van der Waals surface area contributed by atoms with E-state index in [0.29, 0.717) is 12.0 Å². The van der Waals surface area contributed by atoms with Gasteiger partial charge in [-0.25, -0.2) is 0 Å². The second kappa shape index (κ2) is 7.65. The first-order valence-electron chi connectivity index (χ1n) is 4.99. The van der Waals surface area contributed by atoms with Crippen LogP contribution in [0.3, 0.4) is 0 Å². The van der Waals surface area contributed by atoms with Crippen molar-refractivity contribution in [3.8, 4) is 0 Å². The molecule has 0 aromatic rings. The van der Waals surface area contributed by atoms with E-state index in [9.17, 15) is 0 Å². The molecular formula is C10H23NOS. The molecule has 0 saturated heterocycles. The number of methoxy groups -OCH3 is 1. The minimum Gasteiger partial charge on any atom is -0.383 e. The van der Waals surface area contributed by atoms with E-state index >= 15 is 0 Å². The van der Waals surface area contributed by atoms with Gasteiger partial charge in [0.1, 0.15) is 0 Å². The van der Waals surface area contributed by atoms with Crippen molar-refractivity contribution in [2.24, 2.45) is 5.92 Å². The van der Waals surface area contributed by atoms with Crippen molar-refractivity contribution in [3.63, 3.8) is 0 Å². The van der Waals surface area contributed by atoms with Crippen molar-refractivity contribution in [2.45, 2.75) is 26.8 Å². The standard InChI is InChI=1S/C10H23NOS/c1-5-11(6-9(2)8-13)10(3)7-12-4/h9-10,13H,5-8H2,1-4H3. The summed E-state index contributed by atoms with van der Waals surface area (Å²) in [7, 11) is 1.76. The van der Waals surface area contributed by atoms with Gasteiger partial charge >= 0.3 is 0 Å². The Kier molecular flexibility index (Phi) is 7.81. The van der Waals surface area contributed by atoms with Crippen LogP contribution in [0.15, 0.2) is 0 Å². The minimum absolute atomic E-state index is 0.511. The summed E-state index contributed by atoms with van der Waals surface area (Å²) in [6.07, 6.45) is 0. The Balaban J connectivity index is 3.86. The maximum Gasteiger partial charge on any atom is 0.0615 e. The van der Waals surface area contributed by atoms with Crippen LogP contribution in [0.25, 0.3) is 0 Å². The Hall–Kier alpha value is 0.270. The molecule has 3 heteroatoms. The molecule has 2 unspecified atom stereocenters. The fourth-order valence-corrected chi connectivity index (χ4v) is 1.54. The van der Waals surface area contributed by atoms with Crippen molar-refractivity contribution < 1.29 is 4.74 Å². The molecule has 0 aliphatic heterocycles. The lowest BCUT2D eigenvalue weighted by molar-refractivity contribution is 0.0955. The average molecular weight is 205 g/mol. The summed E-state index contributed by atoms with van der Waals surface area (Å²) < 4.78 is 5.14. The predicted octanol–water partition coefficient (Wildman–Crippen LogP) is 1.91. The second-order valence-electron chi connectivity index (χ2n) is 3.68. The smallest absolute Gasteiger partial charge is 0.0615 e. The topological polar surface area (TPSA) is 12.5 Å². The normalized spacial score (nSPS) is 16.2. The summed E-state index contributed by atoms with van der Waals surface area (Å²) in [5, 5.41) is 0. The van der Waals surface area contributed by atoms with Gasteiger partial charge in [-0.05, 0) is 25.1 Å². The van der Waals surface area contributed by atoms with E-state index in [-0.39, 0.29) is 0 Å².